The molecule has 2 amide bonds. The van der Waals surface area contributed by atoms with Crippen LogP contribution in [0.3, 0.4) is 0 Å². The highest BCUT2D eigenvalue weighted by Crippen LogP contribution is 2.42. The molecule has 0 saturated carbocycles. The fourth-order valence-corrected chi connectivity index (χ4v) is 2.46. The molecule has 2 aromatic rings. The molecule has 162 valence electrons. The summed E-state index contributed by atoms with van der Waals surface area (Å²) < 4.78 is 44.5. The lowest BCUT2D eigenvalue weighted by molar-refractivity contribution is -0.286. The van der Waals surface area contributed by atoms with E-state index in [9.17, 15) is 23.5 Å². The fourth-order valence-electron chi connectivity index (χ4n) is 2.46. The van der Waals surface area contributed by atoms with E-state index < -0.39 is 30.8 Å². The van der Waals surface area contributed by atoms with E-state index in [-0.39, 0.29) is 42.5 Å². The van der Waals surface area contributed by atoms with Gasteiger partial charge in [0, 0.05) is 25.2 Å². The number of ether oxygens (including phenoxy) is 3. The van der Waals surface area contributed by atoms with Crippen molar-refractivity contribution in [2.45, 2.75) is 25.7 Å². The van der Waals surface area contributed by atoms with E-state index in [1.165, 1.54) is 24.3 Å². The van der Waals surface area contributed by atoms with E-state index in [0.29, 0.717) is 5.69 Å². The lowest BCUT2D eigenvalue weighted by atomic mass is 10.2. The molecular formula is C18H19F2N3O7. The monoisotopic (exact) mass is 427 g/mol. The molecule has 12 heteroatoms. The Morgan fingerprint density at radius 1 is 1.23 bits per heavy atom. The molecule has 0 radical (unpaired) electrons. The molecule has 1 aromatic carbocycles. The van der Waals surface area contributed by atoms with Crippen molar-refractivity contribution in [2.24, 2.45) is 0 Å². The standard InChI is InChI=1S/C18H19F2N3O7/c1-10-6-15(30-23-10)17(26)21-5-4-11(24)8-22-16(25)9-27-12-2-3-13-14(7-12)29-18(19,20)28-13/h2-3,6-7,11,24H,4-5,8-9H2,1H3,(H,21,26)(H,22,25)/t11-/m0/s1. The summed E-state index contributed by atoms with van der Waals surface area (Å²) in [6.07, 6.45) is -4.45. The van der Waals surface area contributed by atoms with Crippen molar-refractivity contribution in [3.63, 3.8) is 0 Å². The molecule has 2 heterocycles. The Labute approximate surface area is 169 Å². The first-order valence-corrected chi connectivity index (χ1v) is 8.91. The van der Waals surface area contributed by atoms with Crippen molar-refractivity contribution in [3.05, 3.63) is 35.7 Å². The minimum atomic E-state index is -3.73. The summed E-state index contributed by atoms with van der Waals surface area (Å²) in [5, 5.41) is 18.5. The topological polar surface area (TPSA) is 132 Å². The van der Waals surface area contributed by atoms with Gasteiger partial charge >= 0.3 is 6.29 Å². The van der Waals surface area contributed by atoms with Gasteiger partial charge in [-0.15, -0.1) is 8.78 Å². The van der Waals surface area contributed by atoms with Gasteiger partial charge in [-0.05, 0) is 25.5 Å². The fraction of sp³-hybridized carbons (Fsp3) is 0.389. The summed E-state index contributed by atoms with van der Waals surface area (Å²) in [7, 11) is 0. The lowest BCUT2D eigenvalue weighted by Gasteiger charge is -2.12. The van der Waals surface area contributed by atoms with Gasteiger partial charge in [0.25, 0.3) is 11.8 Å². The van der Waals surface area contributed by atoms with Gasteiger partial charge in [0.1, 0.15) is 5.75 Å². The predicted octanol–water partition coefficient (Wildman–Crippen LogP) is 0.981. The molecule has 1 atom stereocenters. The highest BCUT2D eigenvalue weighted by molar-refractivity contribution is 5.91. The van der Waals surface area contributed by atoms with Gasteiger partial charge in [0.2, 0.25) is 5.76 Å². The Bertz CT molecular complexity index is 919. The number of rotatable bonds is 9. The third kappa shape index (κ3) is 5.80. The molecular weight excluding hydrogens is 408 g/mol. The van der Waals surface area contributed by atoms with Crippen LogP contribution >= 0.6 is 0 Å². The molecule has 1 aliphatic heterocycles. The molecule has 0 spiro atoms. The van der Waals surface area contributed by atoms with Crippen molar-refractivity contribution in [3.8, 4) is 17.2 Å². The normalized spacial score (nSPS) is 14.8. The maximum absolute atomic E-state index is 13.0. The van der Waals surface area contributed by atoms with Crippen LogP contribution < -0.4 is 24.8 Å². The second kappa shape index (κ2) is 8.95. The highest BCUT2D eigenvalue weighted by Gasteiger charge is 2.43. The molecule has 0 aliphatic carbocycles. The maximum atomic E-state index is 13.0. The first-order chi connectivity index (χ1) is 14.2. The SMILES string of the molecule is Cc1cc(C(=O)NCC[C@H](O)CNC(=O)COc2ccc3c(c2)OC(F)(F)O3)on1. The quantitative estimate of drug-likeness (QED) is 0.540. The van der Waals surface area contributed by atoms with E-state index in [1.807, 2.05) is 0 Å². The molecule has 0 fully saturated rings. The Kier molecular flexibility index (Phi) is 6.35. The number of hydrogen-bond acceptors (Lipinski definition) is 8. The number of carbonyl (C=O) groups is 2. The first-order valence-electron chi connectivity index (χ1n) is 8.91. The Balaban J connectivity index is 1.32. The van der Waals surface area contributed by atoms with E-state index in [2.05, 4.69) is 25.3 Å². The highest BCUT2D eigenvalue weighted by atomic mass is 19.3. The van der Waals surface area contributed by atoms with Gasteiger partial charge in [-0.2, -0.15) is 0 Å². The van der Waals surface area contributed by atoms with E-state index >= 15 is 0 Å². The number of nitrogens with one attached hydrogen (secondary N) is 2. The number of alkyl halides is 2. The van der Waals surface area contributed by atoms with Crippen LogP contribution in [-0.2, 0) is 4.79 Å². The van der Waals surface area contributed by atoms with Gasteiger partial charge in [-0.1, -0.05) is 5.16 Å². The minimum Gasteiger partial charge on any atom is -0.484 e. The Morgan fingerprint density at radius 2 is 2.00 bits per heavy atom. The second-order valence-electron chi connectivity index (χ2n) is 6.40. The number of aliphatic hydroxyl groups excluding tert-OH is 1. The molecule has 0 unspecified atom stereocenters. The smallest absolute Gasteiger partial charge is 0.484 e. The van der Waals surface area contributed by atoms with E-state index in [1.54, 1.807) is 6.92 Å². The molecule has 3 N–H and O–H groups in total. The Hall–Kier alpha value is -3.41. The van der Waals surface area contributed by atoms with Gasteiger partial charge in [0.05, 0.1) is 11.8 Å². The molecule has 0 bridgehead atoms. The second-order valence-corrected chi connectivity index (χ2v) is 6.40. The number of aromatic nitrogens is 1. The molecule has 0 saturated heterocycles. The van der Waals surface area contributed by atoms with Crippen LogP contribution in [0.5, 0.6) is 17.2 Å². The molecule has 10 nitrogen and oxygen atoms in total. The van der Waals surface area contributed by atoms with Crippen LogP contribution in [0.2, 0.25) is 0 Å². The van der Waals surface area contributed by atoms with Gasteiger partial charge in [-0.25, -0.2) is 0 Å². The summed E-state index contributed by atoms with van der Waals surface area (Å²) in [5.41, 5.74) is 0.573. The number of amides is 2. The number of carbonyl (C=O) groups excluding carboxylic acids is 2. The summed E-state index contributed by atoms with van der Waals surface area (Å²) in [5.74, 6) is -1.11. The number of aliphatic hydroxyl groups is 1. The maximum Gasteiger partial charge on any atom is 0.586 e. The van der Waals surface area contributed by atoms with Crippen LogP contribution in [0, 0.1) is 6.92 Å². The van der Waals surface area contributed by atoms with Crippen LogP contribution in [0.15, 0.2) is 28.8 Å². The van der Waals surface area contributed by atoms with Crippen molar-refractivity contribution in [1.82, 2.24) is 15.8 Å². The third-order valence-electron chi connectivity index (χ3n) is 3.89. The summed E-state index contributed by atoms with van der Waals surface area (Å²) in [6.45, 7) is 1.38. The number of aryl methyl sites for hydroxylation is 1. The number of fused-ring (bicyclic) bond motifs is 1. The average molecular weight is 427 g/mol. The number of halogens is 2. The van der Waals surface area contributed by atoms with Gasteiger partial charge < -0.3 is 34.5 Å². The van der Waals surface area contributed by atoms with E-state index in [0.717, 1.165) is 0 Å². The zero-order valence-corrected chi connectivity index (χ0v) is 15.8. The predicted molar refractivity (Wildman–Crippen MR) is 95.3 cm³/mol. The van der Waals surface area contributed by atoms with Gasteiger partial charge in [0.15, 0.2) is 18.1 Å². The number of benzene rings is 1. The number of hydrogen-bond donors (Lipinski definition) is 3. The zero-order chi connectivity index (χ0) is 21.7. The Morgan fingerprint density at radius 3 is 2.73 bits per heavy atom. The summed E-state index contributed by atoms with van der Waals surface area (Å²) >= 11 is 0. The zero-order valence-electron chi connectivity index (χ0n) is 15.8. The molecule has 1 aliphatic rings. The van der Waals surface area contributed by atoms with Crippen molar-refractivity contribution >= 4 is 11.8 Å². The van der Waals surface area contributed by atoms with Crippen LogP contribution in [0.25, 0.3) is 0 Å². The van der Waals surface area contributed by atoms with Crippen molar-refractivity contribution < 1.29 is 42.2 Å². The third-order valence-corrected chi connectivity index (χ3v) is 3.89. The van der Waals surface area contributed by atoms with E-state index in [4.69, 9.17) is 9.26 Å². The van der Waals surface area contributed by atoms with Gasteiger partial charge in [-0.3, -0.25) is 9.59 Å². The lowest BCUT2D eigenvalue weighted by Crippen LogP contribution is -2.37. The summed E-state index contributed by atoms with van der Waals surface area (Å²) in [6, 6.07) is 5.25. The van der Waals surface area contributed by atoms with Crippen molar-refractivity contribution in [1.29, 1.82) is 0 Å². The van der Waals surface area contributed by atoms with Crippen LogP contribution in [-0.4, -0.2) is 54.2 Å². The van der Waals surface area contributed by atoms with Crippen molar-refractivity contribution in [2.75, 3.05) is 19.7 Å². The average Bonchev–Trinajstić information content (AvgIpc) is 3.25. The summed E-state index contributed by atoms with van der Waals surface area (Å²) in [4.78, 5) is 23.6. The molecule has 1 aromatic heterocycles. The largest absolute Gasteiger partial charge is 0.586 e. The molecule has 3 rings (SSSR count). The number of nitrogens with zero attached hydrogens (tertiary/aromatic N) is 1. The van der Waals surface area contributed by atoms with Crippen LogP contribution in [0.1, 0.15) is 22.7 Å². The van der Waals surface area contributed by atoms with Crippen LogP contribution in [0.4, 0.5) is 8.78 Å². The first kappa shape index (κ1) is 21.3. The molecule has 30 heavy (non-hydrogen) atoms. The minimum absolute atomic E-state index is 0.0627.